The summed E-state index contributed by atoms with van der Waals surface area (Å²) >= 11 is 3.59. The fraction of sp³-hybridized carbons (Fsp3) is 0.600. The minimum Gasteiger partial charge on any atom is -0.322 e. The fourth-order valence-corrected chi connectivity index (χ4v) is 2.71. The van der Waals surface area contributed by atoms with Gasteiger partial charge in [0.15, 0.2) is 0 Å². The third kappa shape index (κ3) is 2.27. The van der Waals surface area contributed by atoms with E-state index >= 15 is 0 Å². The quantitative estimate of drug-likeness (QED) is 0.838. The lowest BCUT2D eigenvalue weighted by Gasteiger charge is -2.29. The van der Waals surface area contributed by atoms with Crippen molar-refractivity contribution in [2.24, 2.45) is 5.73 Å². The van der Waals surface area contributed by atoms with Crippen LogP contribution in [-0.2, 0) is 0 Å². The van der Waals surface area contributed by atoms with Crippen molar-refractivity contribution < 1.29 is 0 Å². The van der Waals surface area contributed by atoms with E-state index in [0.29, 0.717) is 0 Å². The Kier molecular flexibility index (Phi) is 3.44. The van der Waals surface area contributed by atoms with Crippen LogP contribution in [0.4, 0.5) is 0 Å². The number of thiophene rings is 1. The molecule has 2 N–H and O–H groups in total. The lowest BCUT2D eigenvalue weighted by atomic mass is 10.0. The molecule has 0 amide bonds. The second-order valence-electron chi connectivity index (χ2n) is 3.75. The molecule has 1 aromatic heterocycles. The molecule has 0 fully saturated rings. The summed E-state index contributed by atoms with van der Waals surface area (Å²) in [5.41, 5.74) is 7.54. The van der Waals surface area contributed by atoms with Gasteiger partial charge in [0.2, 0.25) is 0 Å². The molecule has 0 saturated heterocycles. The molecular formula is C10H17NS2. The predicted molar refractivity (Wildman–Crippen MR) is 63.6 cm³/mol. The first-order valence-electron chi connectivity index (χ1n) is 4.33. The fourth-order valence-electron chi connectivity index (χ4n) is 1.15. The Hall–Kier alpha value is 0.0100. The first-order chi connectivity index (χ1) is 5.99. The smallest absolute Gasteiger partial charge is 0.0536 e. The molecule has 0 aliphatic heterocycles. The highest BCUT2D eigenvalue weighted by atomic mass is 32.2. The van der Waals surface area contributed by atoms with Gasteiger partial charge in [0.05, 0.1) is 6.04 Å². The van der Waals surface area contributed by atoms with Crippen LogP contribution in [0.1, 0.15) is 30.3 Å². The average molecular weight is 215 g/mol. The van der Waals surface area contributed by atoms with Crippen molar-refractivity contribution in [3.63, 3.8) is 0 Å². The maximum absolute atomic E-state index is 6.22. The van der Waals surface area contributed by atoms with Crippen LogP contribution in [0.3, 0.4) is 0 Å². The molecule has 0 aliphatic carbocycles. The summed E-state index contributed by atoms with van der Waals surface area (Å²) in [6.07, 6.45) is 2.11. The standard InChI is InChI=1S/C10H17NS2/c1-7-5-6-13-8(7)9(11)10(2,3)12-4/h5-6,9H,11H2,1-4H3. The normalized spacial score (nSPS) is 14.5. The molecule has 0 spiro atoms. The Labute approximate surface area is 88.7 Å². The van der Waals surface area contributed by atoms with Gasteiger partial charge in [-0.3, -0.25) is 0 Å². The molecule has 1 nitrogen and oxygen atoms in total. The summed E-state index contributed by atoms with van der Waals surface area (Å²) in [6, 6.07) is 2.28. The minimum atomic E-state index is 0.121. The molecular weight excluding hydrogens is 198 g/mol. The zero-order valence-electron chi connectivity index (χ0n) is 8.63. The van der Waals surface area contributed by atoms with Gasteiger partial charge in [0, 0.05) is 9.62 Å². The molecule has 0 bridgehead atoms. The van der Waals surface area contributed by atoms with Gasteiger partial charge in [-0.2, -0.15) is 11.8 Å². The van der Waals surface area contributed by atoms with Gasteiger partial charge in [-0.05, 0) is 44.0 Å². The number of rotatable bonds is 3. The zero-order valence-corrected chi connectivity index (χ0v) is 10.3. The second-order valence-corrected chi connectivity index (χ2v) is 6.16. The maximum atomic E-state index is 6.22. The van der Waals surface area contributed by atoms with E-state index in [1.807, 2.05) is 11.8 Å². The van der Waals surface area contributed by atoms with Crippen molar-refractivity contribution in [1.29, 1.82) is 0 Å². The number of nitrogens with two attached hydrogens (primary N) is 1. The highest BCUT2D eigenvalue weighted by Crippen LogP contribution is 2.37. The third-order valence-electron chi connectivity index (χ3n) is 2.46. The monoisotopic (exact) mass is 215 g/mol. The number of thioether (sulfide) groups is 1. The molecule has 1 aromatic rings. The Morgan fingerprint density at radius 2 is 2.15 bits per heavy atom. The molecule has 74 valence electrons. The summed E-state index contributed by atoms with van der Waals surface area (Å²) in [6.45, 7) is 6.52. The van der Waals surface area contributed by atoms with E-state index in [1.54, 1.807) is 11.3 Å². The molecule has 1 unspecified atom stereocenters. The van der Waals surface area contributed by atoms with Crippen molar-refractivity contribution in [3.8, 4) is 0 Å². The zero-order chi connectivity index (χ0) is 10.1. The number of hydrogen-bond acceptors (Lipinski definition) is 3. The third-order valence-corrected chi connectivity index (χ3v) is 4.87. The van der Waals surface area contributed by atoms with Crippen molar-refractivity contribution >= 4 is 23.1 Å². The van der Waals surface area contributed by atoms with Gasteiger partial charge in [-0.1, -0.05) is 0 Å². The highest BCUT2D eigenvalue weighted by molar-refractivity contribution is 8.00. The van der Waals surface area contributed by atoms with Crippen molar-refractivity contribution in [2.75, 3.05) is 6.26 Å². The predicted octanol–water partition coefficient (Wildman–Crippen LogP) is 3.20. The first kappa shape index (κ1) is 11.1. The first-order valence-corrected chi connectivity index (χ1v) is 6.44. The summed E-state index contributed by atoms with van der Waals surface area (Å²) in [5.74, 6) is 0. The van der Waals surface area contributed by atoms with Crippen LogP contribution < -0.4 is 5.73 Å². The van der Waals surface area contributed by atoms with Crippen LogP contribution in [-0.4, -0.2) is 11.0 Å². The molecule has 3 heteroatoms. The van der Waals surface area contributed by atoms with E-state index in [1.165, 1.54) is 10.4 Å². The van der Waals surface area contributed by atoms with Crippen molar-refractivity contribution in [2.45, 2.75) is 31.6 Å². The van der Waals surface area contributed by atoms with Gasteiger partial charge in [-0.25, -0.2) is 0 Å². The highest BCUT2D eigenvalue weighted by Gasteiger charge is 2.28. The van der Waals surface area contributed by atoms with Crippen molar-refractivity contribution in [3.05, 3.63) is 21.9 Å². The van der Waals surface area contributed by atoms with E-state index in [4.69, 9.17) is 5.73 Å². The summed E-state index contributed by atoms with van der Waals surface area (Å²) in [4.78, 5) is 1.32. The molecule has 1 atom stereocenters. The largest absolute Gasteiger partial charge is 0.322 e. The summed E-state index contributed by atoms with van der Waals surface area (Å²) in [5, 5.41) is 2.11. The summed E-state index contributed by atoms with van der Waals surface area (Å²) < 4.78 is 0.121. The van der Waals surface area contributed by atoms with E-state index in [-0.39, 0.29) is 10.8 Å². The average Bonchev–Trinajstić information content (AvgIpc) is 2.50. The van der Waals surface area contributed by atoms with Crippen LogP contribution in [0.5, 0.6) is 0 Å². The Balaban J connectivity index is 2.91. The maximum Gasteiger partial charge on any atom is 0.0536 e. The summed E-state index contributed by atoms with van der Waals surface area (Å²) in [7, 11) is 0. The van der Waals surface area contributed by atoms with Crippen LogP contribution in [0.15, 0.2) is 11.4 Å². The van der Waals surface area contributed by atoms with Crippen LogP contribution in [0, 0.1) is 6.92 Å². The Morgan fingerprint density at radius 1 is 1.54 bits per heavy atom. The molecule has 0 aromatic carbocycles. The van der Waals surface area contributed by atoms with Crippen LogP contribution in [0.2, 0.25) is 0 Å². The van der Waals surface area contributed by atoms with Crippen LogP contribution >= 0.6 is 23.1 Å². The lowest BCUT2D eigenvalue weighted by molar-refractivity contribution is 0.570. The topological polar surface area (TPSA) is 26.0 Å². The Bertz CT molecular complexity index is 278. The molecule has 0 radical (unpaired) electrons. The minimum absolute atomic E-state index is 0.121. The lowest BCUT2D eigenvalue weighted by Crippen LogP contribution is -2.31. The van der Waals surface area contributed by atoms with Gasteiger partial charge in [0.25, 0.3) is 0 Å². The van der Waals surface area contributed by atoms with E-state index < -0.39 is 0 Å². The number of hydrogen-bond donors (Lipinski definition) is 1. The van der Waals surface area contributed by atoms with Gasteiger partial charge in [0.1, 0.15) is 0 Å². The molecule has 1 heterocycles. The van der Waals surface area contributed by atoms with Gasteiger partial charge in [-0.15, -0.1) is 11.3 Å². The van der Waals surface area contributed by atoms with E-state index in [9.17, 15) is 0 Å². The number of aryl methyl sites for hydroxylation is 1. The molecule has 0 aliphatic rings. The second kappa shape index (κ2) is 4.03. The van der Waals surface area contributed by atoms with Crippen molar-refractivity contribution in [1.82, 2.24) is 0 Å². The Morgan fingerprint density at radius 3 is 2.54 bits per heavy atom. The molecule has 1 rings (SSSR count). The SMILES string of the molecule is CSC(C)(C)C(N)c1sccc1C. The van der Waals surface area contributed by atoms with E-state index in [0.717, 1.165) is 0 Å². The molecule has 13 heavy (non-hydrogen) atoms. The van der Waals surface area contributed by atoms with E-state index in [2.05, 4.69) is 38.5 Å². The van der Waals surface area contributed by atoms with Crippen LogP contribution in [0.25, 0.3) is 0 Å². The molecule has 0 saturated carbocycles. The van der Waals surface area contributed by atoms with Gasteiger partial charge >= 0.3 is 0 Å². The van der Waals surface area contributed by atoms with Gasteiger partial charge < -0.3 is 5.73 Å².